The number of fused-ring (bicyclic) bond motifs is 6. The number of hydrogen-bond donors (Lipinski definition) is 0. The molecule has 0 bridgehead atoms. The highest BCUT2D eigenvalue weighted by atomic mass is 14.9. The van der Waals surface area contributed by atoms with Gasteiger partial charge in [0.2, 0.25) is 0 Å². The molecule has 13 aromatic rings. The maximum Gasteiger partial charge on any atom is 0.160 e. The molecule has 0 aliphatic heterocycles. The fraction of sp³-hybridized carbons (Fsp3) is 0. The zero-order valence-corrected chi connectivity index (χ0v) is 37.1. The second kappa shape index (κ2) is 16.5. The van der Waals surface area contributed by atoms with Crippen molar-refractivity contribution in [2.24, 2.45) is 0 Å². The summed E-state index contributed by atoms with van der Waals surface area (Å²) in [5.74, 6) is 0.704. The van der Waals surface area contributed by atoms with Gasteiger partial charge >= 0.3 is 0 Å². The number of rotatable bonds is 7. The zero-order valence-electron chi connectivity index (χ0n) is 37.1. The summed E-state index contributed by atoms with van der Waals surface area (Å²) in [5, 5.41) is 12.5. The van der Waals surface area contributed by atoms with Crippen LogP contribution in [0.15, 0.2) is 255 Å². The van der Waals surface area contributed by atoms with Crippen LogP contribution in [0, 0.1) is 0 Å². The Balaban J connectivity index is 0.861. The lowest BCUT2D eigenvalue weighted by atomic mass is 9.83. The molecule has 1 heterocycles. The molecule has 13 rings (SSSR count). The molecule has 12 aromatic carbocycles. The van der Waals surface area contributed by atoms with Crippen molar-refractivity contribution >= 4 is 53.9 Å². The Morgan fingerprint density at radius 1 is 0.221 bits per heavy atom. The van der Waals surface area contributed by atoms with E-state index in [1.165, 1.54) is 92.8 Å². The standard InChI is InChI=1S/C66H42N2/c1-3-16-49(17-4-1)63-58-23-11-12-24-59(58)64(65-57-22-10-8-15-45(57)38-39-60(63)65)54-37-36-52-40-51(34-35-53(52)41-54)43-26-30-47(31-27-43)61-42-62(68-66(67-61)50-18-5-2-6-19-50)48-32-28-46(29-33-48)56-25-13-20-44-14-7-9-21-55(44)56/h1-42H. The van der Waals surface area contributed by atoms with Crippen molar-refractivity contribution in [3.8, 4) is 78.4 Å². The Hall–Kier alpha value is -8.98. The van der Waals surface area contributed by atoms with Crippen molar-refractivity contribution in [3.05, 3.63) is 255 Å². The molecule has 1 aromatic heterocycles. The van der Waals surface area contributed by atoms with Crippen molar-refractivity contribution in [3.63, 3.8) is 0 Å². The molecule has 0 N–H and O–H groups in total. The molecule has 0 aliphatic rings. The normalized spacial score (nSPS) is 11.5. The minimum atomic E-state index is 0.704. The van der Waals surface area contributed by atoms with E-state index in [1.54, 1.807) is 0 Å². The maximum atomic E-state index is 5.14. The van der Waals surface area contributed by atoms with Gasteiger partial charge in [-0.25, -0.2) is 9.97 Å². The van der Waals surface area contributed by atoms with E-state index in [0.717, 1.165) is 33.6 Å². The first-order valence-electron chi connectivity index (χ1n) is 23.3. The first kappa shape index (κ1) is 39.4. The Morgan fingerprint density at radius 2 is 0.691 bits per heavy atom. The molecule has 316 valence electrons. The highest BCUT2D eigenvalue weighted by Crippen LogP contribution is 2.47. The zero-order chi connectivity index (χ0) is 45.0. The van der Waals surface area contributed by atoms with Gasteiger partial charge in [-0.2, -0.15) is 0 Å². The average Bonchev–Trinajstić information content (AvgIpc) is 3.42. The summed E-state index contributed by atoms with van der Waals surface area (Å²) in [6.45, 7) is 0. The van der Waals surface area contributed by atoms with Gasteiger partial charge in [0.15, 0.2) is 5.82 Å². The van der Waals surface area contributed by atoms with E-state index in [1.807, 2.05) is 18.2 Å². The van der Waals surface area contributed by atoms with E-state index in [9.17, 15) is 0 Å². The van der Waals surface area contributed by atoms with E-state index < -0.39 is 0 Å². The van der Waals surface area contributed by atoms with Crippen LogP contribution < -0.4 is 0 Å². The van der Waals surface area contributed by atoms with Gasteiger partial charge in [0.1, 0.15) is 0 Å². The molecule has 0 unspecified atom stereocenters. The molecule has 0 saturated carbocycles. The Bertz CT molecular complexity index is 4040. The van der Waals surface area contributed by atoms with Crippen LogP contribution in [0.3, 0.4) is 0 Å². The van der Waals surface area contributed by atoms with Gasteiger partial charge in [-0.15, -0.1) is 0 Å². The molecular weight excluding hydrogens is 821 g/mol. The van der Waals surface area contributed by atoms with Crippen molar-refractivity contribution < 1.29 is 0 Å². The van der Waals surface area contributed by atoms with E-state index in [0.29, 0.717) is 5.82 Å². The minimum absolute atomic E-state index is 0.704. The van der Waals surface area contributed by atoms with E-state index in [2.05, 4.69) is 237 Å². The first-order chi connectivity index (χ1) is 33.7. The van der Waals surface area contributed by atoms with Gasteiger partial charge in [0.05, 0.1) is 11.4 Å². The number of aromatic nitrogens is 2. The number of hydrogen-bond acceptors (Lipinski definition) is 2. The molecule has 0 aliphatic carbocycles. The molecule has 0 fully saturated rings. The van der Waals surface area contributed by atoms with E-state index >= 15 is 0 Å². The molecule has 0 radical (unpaired) electrons. The monoisotopic (exact) mass is 862 g/mol. The summed E-state index contributed by atoms with van der Waals surface area (Å²) in [6, 6.07) is 92.0. The largest absolute Gasteiger partial charge is 0.228 e. The van der Waals surface area contributed by atoms with E-state index in [4.69, 9.17) is 9.97 Å². The smallest absolute Gasteiger partial charge is 0.160 e. The molecule has 0 spiro atoms. The summed E-state index contributed by atoms with van der Waals surface area (Å²) in [6.07, 6.45) is 0. The van der Waals surface area contributed by atoms with Crippen LogP contribution in [0.5, 0.6) is 0 Å². The third kappa shape index (κ3) is 6.90. The fourth-order valence-electron chi connectivity index (χ4n) is 10.3. The second-order valence-corrected chi connectivity index (χ2v) is 17.7. The fourth-order valence-corrected chi connectivity index (χ4v) is 10.3. The average molecular weight is 863 g/mol. The third-order valence-electron chi connectivity index (χ3n) is 13.7. The van der Waals surface area contributed by atoms with Crippen LogP contribution in [0.2, 0.25) is 0 Å². The van der Waals surface area contributed by atoms with Crippen LogP contribution in [0.4, 0.5) is 0 Å². The predicted molar refractivity (Wildman–Crippen MR) is 288 cm³/mol. The van der Waals surface area contributed by atoms with Crippen molar-refractivity contribution in [2.75, 3.05) is 0 Å². The first-order valence-corrected chi connectivity index (χ1v) is 23.3. The minimum Gasteiger partial charge on any atom is -0.228 e. The number of benzene rings is 12. The molecule has 2 nitrogen and oxygen atoms in total. The summed E-state index contributed by atoms with van der Waals surface area (Å²) in [5.41, 5.74) is 14.6. The van der Waals surface area contributed by atoms with Gasteiger partial charge in [-0.1, -0.05) is 237 Å². The molecule has 0 saturated heterocycles. The van der Waals surface area contributed by atoms with Crippen molar-refractivity contribution in [2.45, 2.75) is 0 Å². The molecule has 0 atom stereocenters. The van der Waals surface area contributed by atoms with Gasteiger partial charge < -0.3 is 0 Å². The highest BCUT2D eigenvalue weighted by molar-refractivity contribution is 6.28. The van der Waals surface area contributed by atoms with Crippen LogP contribution in [-0.2, 0) is 0 Å². The maximum absolute atomic E-state index is 5.14. The van der Waals surface area contributed by atoms with Crippen LogP contribution >= 0.6 is 0 Å². The summed E-state index contributed by atoms with van der Waals surface area (Å²) in [4.78, 5) is 10.3. The second-order valence-electron chi connectivity index (χ2n) is 17.7. The van der Waals surface area contributed by atoms with Gasteiger partial charge in [0, 0.05) is 16.7 Å². The van der Waals surface area contributed by atoms with Crippen LogP contribution in [0.25, 0.3) is 132 Å². The molecule has 68 heavy (non-hydrogen) atoms. The lowest BCUT2D eigenvalue weighted by Gasteiger charge is -2.19. The molecule has 2 heteroatoms. The number of nitrogens with zero attached hydrogens (tertiary/aromatic N) is 2. The predicted octanol–water partition coefficient (Wildman–Crippen LogP) is 17.9. The highest BCUT2D eigenvalue weighted by Gasteiger charge is 2.19. The quantitative estimate of drug-likeness (QED) is 0.118. The molecular formula is C66H42N2. The summed E-state index contributed by atoms with van der Waals surface area (Å²) in [7, 11) is 0. The van der Waals surface area contributed by atoms with Gasteiger partial charge in [-0.05, 0) is 117 Å². The Kier molecular flexibility index (Phi) is 9.54. The van der Waals surface area contributed by atoms with E-state index in [-0.39, 0.29) is 0 Å². The Labute approximate surface area is 395 Å². The lowest BCUT2D eigenvalue weighted by molar-refractivity contribution is 1.18. The molecule has 0 amide bonds. The van der Waals surface area contributed by atoms with Crippen LogP contribution in [-0.4, -0.2) is 9.97 Å². The van der Waals surface area contributed by atoms with Gasteiger partial charge in [0.25, 0.3) is 0 Å². The Morgan fingerprint density at radius 3 is 1.37 bits per heavy atom. The SMILES string of the molecule is c1ccc(-c2nc(-c3ccc(-c4ccc5cc(-c6c7ccccc7c(-c7ccccc7)c7ccc8ccccc8c67)ccc5c4)cc3)cc(-c3ccc(-c4cccc5ccccc45)cc3)n2)cc1. The summed E-state index contributed by atoms with van der Waals surface area (Å²) >= 11 is 0. The topological polar surface area (TPSA) is 25.8 Å². The van der Waals surface area contributed by atoms with Crippen molar-refractivity contribution in [1.82, 2.24) is 9.97 Å². The summed E-state index contributed by atoms with van der Waals surface area (Å²) < 4.78 is 0. The van der Waals surface area contributed by atoms with Crippen LogP contribution in [0.1, 0.15) is 0 Å². The van der Waals surface area contributed by atoms with Gasteiger partial charge in [-0.3, -0.25) is 0 Å². The third-order valence-corrected chi connectivity index (χ3v) is 13.7. The van der Waals surface area contributed by atoms with Crippen molar-refractivity contribution in [1.29, 1.82) is 0 Å². The lowest BCUT2D eigenvalue weighted by Crippen LogP contribution is -1.96.